The third kappa shape index (κ3) is 6.06. The van der Waals surface area contributed by atoms with E-state index in [1.54, 1.807) is 40.8 Å². The molecule has 41 heavy (non-hydrogen) atoms. The molecule has 2 aliphatic rings. The van der Waals surface area contributed by atoms with Crippen molar-refractivity contribution in [3.63, 3.8) is 0 Å². The number of ether oxygens (including phenoxy) is 2. The first-order valence-corrected chi connectivity index (χ1v) is 15.0. The Morgan fingerprint density at radius 2 is 1.71 bits per heavy atom. The van der Waals surface area contributed by atoms with Gasteiger partial charge in [-0.25, -0.2) is 17.9 Å². The summed E-state index contributed by atoms with van der Waals surface area (Å²) in [5.74, 6) is 0.329. The van der Waals surface area contributed by atoms with E-state index < -0.39 is 22.1 Å². The smallest absolute Gasteiger partial charge is 0.321 e. The van der Waals surface area contributed by atoms with Crippen molar-refractivity contribution in [3.8, 4) is 11.4 Å². The van der Waals surface area contributed by atoms with Gasteiger partial charge in [-0.3, -0.25) is 4.79 Å². The number of nitrogens with one attached hydrogen (secondary N) is 1. The molecular weight excluding hydrogens is 548 g/mol. The lowest BCUT2D eigenvalue weighted by molar-refractivity contribution is -0.140. The highest BCUT2D eigenvalue weighted by atomic mass is 32.2. The van der Waals surface area contributed by atoms with Gasteiger partial charge in [0.05, 0.1) is 37.4 Å². The first-order chi connectivity index (χ1) is 19.8. The molecule has 0 bridgehead atoms. The maximum atomic E-state index is 14.0. The number of carbonyl (C=O) groups excluding carboxylic acids is 2. The number of aromatic nitrogens is 2. The minimum Gasteiger partial charge on any atom is -0.494 e. The van der Waals surface area contributed by atoms with Crippen molar-refractivity contribution in [1.29, 1.82) is 0 Å². The molecule has 2 aliphatic heterocycles. The molecule has 3 amide bonds. The average molecular weight is 583 g/mol. The van der Waals surface area contributed by atoms with Gasteiger partial charge in [0.25, 0.3) is 0 Å². The predicted molar refractivity (Wildman–Crippen MR) is 152 cm³/mol. The summed E-state index contributed by atoms with van der Waals surface area (Å²) in [7, 11) is -4.13. The van der Waals surface area contributed by atoms with Crippen molar-refractivity contribution in [2.24, 2.45) is 0 Å². The van der Waals surface area contributed by atoms with E-state index >= 15 is 0 Å². The number of nitrogens with zero attached hydrogens (tertiary/aromatic N) is 5. The van der Waals surface area contributed by atoms with Gasteiger partial charge in [0.2, 0.25) is 15.9 Å². The van der Waals surface area contributed by atoms with E-state index in [4.69, 9.17) is 9.47 Å². The Labute approximate surface area is 239 Å². The van der Waals surface area contributed by atoms with Crippen LogP contribution in [0.25, 0.3) is 5.69 Å². The predicted octanol–water partition coefficient (Wildman–Crippen LogP) is 2.35. The molecule has 2 aromatic carbocycles. The van der Waals surface area contributed by atoms with Gasteiger partial charge in [-0.05, 0) is 50.2 Å². The van der Waals surface area contributed by atoms with Crippen LogP contribution in [0.15, 0.2) is 65.7 Å². The van der Waals surface area contributed by atoms with E-state index in [-0.39, 0.29) is 30.4 Å². The average Bonchev–Trinajstić information content (AvgIpc) is 3.40. The van der Waals surface area contributed by atoms with Crippen LogP contribution in [0.5, 0.6) is 5.75 Å². The maximum Gasteiger partial charge on any atom is 0.321 e. The Morgan fingerprint density at radius 1 is 1.00 bits per heavy atom. The summed E-state index contributed by atoms with van der Waals surface area (Å²) in [6.07, 6.45) is 1.32. The number of amides is 3. The number of anilines is 1. The summed E-state index contributed by atoms with van der Waals surface area (Å²) >= 11 is 0. The number of sulfonamides is 1. The molecule has 0 aliphatic carbocycles. The first kappa shape index (κ1) is 28.6. The molecule has 2 fully saturated rings. The zero-order valence-corrected chi connectivity index (χ0v) is 23.9. The lowest BCUT2D eigenvalue weighted by atomic mass is 10.1. The summed E-state index contributed by atoms with van der Waals surface area (Å²) in [4.78, 5) is 30.1. The van der Waals surface area contributed by atoms with Crippen LogP contribution >= 0.6 is 0 Å². The van der Waals surface area contributed by atoms with Crippen molar-refractivity contribution in [2.45, 2.75) is 24.8 Å². The molecule has 0 spiro atoms. The van der Waals surface area contributed by atoms with E-state index in [0.717, 1.165) is 5.69 Å². The summed E-state index contributed by atoms with van der Waals surface area (Å²) < 4.78 is 41.7. The number of morpholine rings is 1. The van der Waals surface area contributed by atoms with E-state index in [0.29, 0.717) is 50.0 Å². The number of piperazine rings is 1. The number of benzene rings is 2. The van der Waals surface area contributed by atoms with Crippen molar-refractivity contribution in [1.82, 2.24) is 23.9 Å². The monoisotopic (exact) mass is 582 g/mol. The SMILES string of the molecule is CCOc1ccc(NC(=O)N2CCN(S(=O)(=O)c3cnn(-c4ccccc4)c3C)C(C(=O)N3CCOCC3)C2)cc1. The number of urea groups is 1. The molecule has 1 atom stereocenters. The van der Waals surface area contributed by atoms with Gasteiger partial charge in [-0.15, -0.1) is 0 Å². The number of hydrogen-bond acceptors (Lipinski definition) is 7. The Bertz CT molecular complexity index is 1470. The third-order valence-corrected chi connectivity index (χ3v) is 9.21. The third-order valence-electron chi connectivity index (χ3n) is 7.20. The highest BCUT2D eigenvalue weighted by Gasteiger charge is 2.44. The highest BCUT2D eigenvalue weighted by Crippen LogP contribution is 2.27. The molecule has 1 aromatic heterocycles. The largest absolute Gasteiger partial charge is 0.494 e. The van der Waals surface area contributed by atoms with Gasteiger partial charge in [-0.2, -0.15) is 9.40 Å². The number of carbonyl (C=O) groups is 2. The molecule has 2 saturated heterocycles. The second kappa shape index (κ2) is 12.3. The zero-order valence-electron chi connectivity index (χ0n) is 23.1. The van der Waals surface area contributed by atoms with Crippen molar-refractivity contribution < 1.29 is 27.5 Å². The number of para-hydroxylation sites is 1. The standard InChI is InChI=1S/C28H34N6O6S/c1-3-40-24-11-9-22(10-12-24)30-28(36)32-13-14-33(25(20-32)27(35)31-15-17-39-18-16-31)41(37,38)26-19-29-34(21(26)2)23-7-5-4-6-8-23/h4-12,19,25H,3,13-18,20H2,1-2H3,(H,30,36). The van der Waals surface area contributed by atoms with Crippen LogP contribution in [0.3, 0.4) is 0 Å². The molecule has 0 radical (unpaired) electrons. The van der Waals surface area contributed by atoms with Crippen LogP contribution in [-0.4, -0.2) is 103 Å². The fourth-order valence-electron chi connectivity index (χ4n) is 5.04. The Balaban J connectivity index is 1.39. The van der Waals surface area contributed by atoms with Crippen molar-refractivity contribution in [3.05, 3.63) is 66.5 Å². The lowest BCUT2D eigenvalue weighted by Gasteiger charge is -2.41. The first-order valence-electron chi connectivity index (χ1n) is 13.6. The zero-order chi connectivity index (χ0) is 29.0. The summed E-state index contributed by atoms with van der Waals surface area (Å²) in [6, 6.07) is 14.7. The molecule has 1 N–H and O–H groups in total. The molecule has 3 aromatic rings. The molecule has 218 valence electrons. The van der Waals surface area contributed by atoms with Crippen LogP contribution < -0.4 is 10.1 Å². The van der Waals surface area contributed by atoms with Gasteiger partial charge in [0.15, 0.2) is 0 Å². The summed E-state index contributed by atoms with van der Waals surface area (Å²) in [5, 5.41) is 7.17. The minimum atomic E-state index is -4.13. The Hall–Kier alpha value is -3.94. The van der Waals surface area contributed by atoms with Crippen LogP contribution in [-0.2, 0) is 19.6 Å². The van der Waals surface area contributed by atoms with Crippen molar-refractivity contribution in [2.75, 3.05) is 57.9 Å². The molecular formula is C28H34N6O6S. The van der Waals surface area contributed by atoms with Gasteiger partial charge in [0.1, 0.15) is 16.7 Å². The van der Waals surface area contributed by atoms with E-state index in [2.05, 4.69) is 10.4 Å². The van der Waals surface area contributed by atoms with Crippen LogP contribution in [0.2, 0.25) is 0 Å². The second-order valence-electron chi connectivity index (χ2n) is 9.74. The molecule has 12 nitrogen and oxygen atoms in total. The maximum absolute atomic E-state index is 14.0. The topological polar surface area (TPSA) is 126 Å². The second-order valence-corrected chi connectivity index (χ2v) is 11.6. The number of rotatable bonds is 7. The van der Waals surface area contributed by atoms with Gasteiger partial charge in [0, 0.05) is 38.4 Å². The molecule has 3 heterocycles. The van der Waals surface area contributed by atoms with Gasteiger partial charge < -0.3 is 24.6 Å². The van der Waals surface area contributed by atoms with E-state index in [1.807, 2.05) is 37.3 Å². The fourth-order valence-corrected chi connectivity index (χ4v) is 6.75. The molecule has 13 heteroatoms. The lowest BCUT2D eigenvalue weighted by Crippen LogP contribution is -2.63. The minimum absolute atomic E-state index is 0.0217. The van der Waals surface area contributed by atoms with Gasteiger partial charge >= 0.3 is 6.03 Å². The highest BCUT2D eigenvalue weighted by molar-refractivity contribution is 7.89. The van der Waals surface area contributed by atoms with Crippen molar-refractivity contribution >= 4 is 27.6 Å². The Morgan fingerprint density at radius 3 is 2.39 bits per heavy atom. The molecule has 1 unspecified atom stereocenters. The van der Waals surface area contributed by atoms with Crippen LogP contribution in [0.1, 0.15) is 12.6 Å². The number of hydrogen-bond donors (Lipinski definition) is 1. The summed E-state index contributed by atoms with van der Waals surface area (Å²) in [6.45, 7) is 5.53. The Kier molecular flexibility index (Phi) is 8.57. The fraction of sp³-hybridized carbons (Fsp3) is 0.393. The van der Waals surface area contributed by atoms with Crippen LogP contribution in [0.4, 0.5) is 10.5 Å². The normalized spacial score (nSPS) is 18.2. The van der Waals surface area contributed by atoms with Gasteiger partial charge in [-0.1, -0.05) is 18.2 Å². The molecule has 5 rings (SSSR count). The van der Waals surface area contributed by atoms with Crippen LogP contribution in [0, 0.1) is 6.92 Å². The van der Waals surface area contributed by atoms with E-state index in [9.17, 15) is 18.0 Å². The molecule has 0 saturated carbocycles. The van der Waals surface area contributed by atoms with E-state index in [1.165, 1.54) is 15.4 Å². The summed E-state index contributed by atoms with van der Waals surface area (Å²) in [5.41, 5.74) is 1.72. The quantitative estimate of drug-likeness (QED) is 0.453.